The van der Waals surface area contributed by atoms with E-state index in [-0.39, 0.29) is 12.3 Å². The summed E-state index contributed by atoms with van der Waals surface area (Å²) >= 11 is 0. The third-order valence-electron chi connectivity index (χ3n) is 5.27. The van der Waals surface area contributed by atoms with Crippen LogP contribution < -0.4 is 0 Å². The molecule has 2 aromatic rings. The minimum absolute atomic E-state index is 0.0252. The highest BCUT2D eigenvalue weighted by Gasteiger charge is 2.42. The van der Waals surface area contributed by atoms with Crippen molar-refractivity contribution in [1.29, 1.82) is 0 Å². The smallest absolute Gasteiger partial charge is 0.311 e. The van der Waals surface area contributed by atoms with E-state index in [0.717, 1.165) is 24.1 Å². The minimum Gasteiger partial charge on any atom is -0.481 e. The number of likely N-dealkylation sites (tertiary alicyclic amines) is 1. The van der Waals surface area contributed by atoms with Crippen molar-refractivity contribution in [3.8, 4) is 5.69 Å². The van der Waals surface area contributed by atoms with Crippen molar-refractivity contribution in [3.63, 3.8) is 0 Å². The van der Waals surface area contributed by atoms with Crippen LogP contribution >= 0.6 is 0 Å². The number of amides is 1. The fourth-order valence-corrected chi connectivity index (χ4v) is 3.82. The molecule has 0 spiro atoms. The third-order valence-corrected chi connectivity index (χ3v) is 5.27. The molecule has 27 heavy (non-hydrogen) atoms. The standard InChI is InChI=1S/C19H25N5O3/c1-3-9-19(18(26)27)10-4-11-23(13-19)17(25)12-15-5-7-16(8-6-15)24-14(2)20-21-22-24/h5-8H,3-4,9-13H2,1-2H3,(H,26,27). The third kappa shape index (κ3) is 3.99. The van der Waals surface area contributed by atoms with Crippen LogP contribution in [-0.4, -0.2) is 55.2 Å². The molecule has 0 saturated carbocycles. The maximum absolute atomic E-state index is 12.7. The van der Waals surface area contributed by atoms with Crippen molar-refractivity contribution in [2.45, 2.75) is 46.0 Å². The largest absolute Gasteiger partial charge is 0.481 e. The Labute approximate surface area is 158 Å². The second-order valence-corrected chi connectivity index (χ2v) is 7.24. The molecule has 1 aromatic heterocycles. The van der Waals surface area contributed by atoms with Crippen molar-refractivity contribution in [3.05, 3.63) is 35.7 Å². The Hall–Kier alpha value is -2.77. The van der Waals surface area contributed by atoms with Gasteiger partial charge in [-0.2, -0.15) is 4.68 Å². The Kier molecular flexibility index (Phi) is 5.53. The topological polar surface area (TPSA) is 101 Å². The summed E-state index contributed by atoms with van der Waals surface area (Å²) in [5, 5.41) is 21.1. The van der Waals surface area contributed by atoms with Crippen molar-refractivity contribution in [2.24, 2.45) is 5.41 Å². The Morgan fingerprint density at radius 2 is 2.00 bits per heavy atom. The van der Waals surface area contributed by atoms with Crippen LogP contribution in [0.1, 0.15) is 44.0 Å². The molecule has 1 atom stereocenters. The summed E-state index contributed by atoms with van der Waals surface area (Å²) in [4.78, 5) is 26.3. The van der Waals surface area contributed by atoms with Gasteiger partial charge in [-0.15, -0.1) is 5.10 Å². The first-order valence-electron chi connectivity index (χ1n) is 9.30. The highest BCUT2D eigenvalue weighted by atomic mass is 16.4. The van der Waals surface area contributed by atoms with Gasteiger partial charge < -0.3 is 10.0 Å². The summed E-state index contributed by atoms with van der Waals surface area (Å²) in [5.74, 6) is -0.126. The molecule has 1 saturated heterocycles. The Balaban J connectivity index is 1.68. The number of aromatic nitrogens is 4. The van der Waals surface area contributed by atoms with Gasteiger partial charge in [-0.25, -0.2) is 0 Å². The minimum atomic E-state index is -0.801. The molecule has 0 bridgehead atoms. The molecule has 8 nitrogen and oxygen atoms in total. The first-order valence-corrected chi connectivity index (χ1v) is 9.30. The van der Waals surface area contributed by atoms with Gasteiger partial charge in [0.25, 0.3) is 0 Å². The normalized spacial score (nSPS) is 19.9. The molecule has 1 amide bonds. The van der Waals surface area contributed by atoms with E-state index in [9.17, 15) is 14.7 Å². The molecule has 0 aliphatic carbocycles. The number of hydrogen-bond donors (Lipinski definition) is 1. The van der Waals surface area contributed by atoms with E-state index in [0.29, 0.717) is 31.8 Å². The molecule has 0 radical (unpaired) electrons. The van der Waals surface area contributed by atoms with Gasteiger partial charge in [0.05, 0.1) is 17.5 Å². The van der Waals surface area contributed by atoms with Crippen LogP contribution in [0.4, 0.5) is 0 Å². The van der Waals surface area contributed by atoms with E-state index in [1.54, 1.807) is 9.58 Å². The van der Waals surface area contributed by atoms with Crippen LogP contribution in [-0.2, 0) is 16.0 Å². The lowest BCUT2D eigenvalue weighted by atomic mass is 9.76. The first-order chi connectivity index (χ1) is 12.9. The molecule has 1 N–H and O–H groups in total. The number of piperidine rings is 1. The highest BCUT2D eigenvalue weighted by Crippen LogP contribution is 2.35. The molecule has 2 heterocycles. The van der Waals surface area contributed by atoms with Crippen LogP contribution in [0.2, 0.25) is 0 Å². The van der Waals surface area contributed by atoms with Crippen LogP contribution in [0.25, 0.3) is 5.69 Å². The molecule has 1 aliphatic heterocycles. The molecule has 1 aromatic carbocycles. The fraction of sp³-hybridized carbons (Fsp3) is 0.526. The maximum Gasteiger partial charge on any atom is 0.311 e. The summed E-state index contributed by atoms with van der Waals surface area (Å²) in [7, 11) is 0. The van der Waals surface area contributed by atoms with E-state index >= 15 is 0 Å². The SMILES string of the molecule is CCCC1(C(=O)O)CCCN(C(=O)Cc2ccc(-n3nnnc3C)cc2)C1. The number of aliphatic carboxylic acids is 1. The van der Waals surface area contributed by atoms with Gasteiger partial charge in [-0.05, 0) is 54.3 Å². The lowest BCUT2D eigenvalue weighted by molar-refractivity contribution is -0.155. The number of hydrogen-bond acceptors (Lipinski definition) is 5. The average Bonchev–Trinajstić information content (AvgIpc) is 3.08. The summed E-state index contributed by atoms with van der Waals surface area (Å²) in [5.41, 5.74) is 0.917. The number of rotatable bonds is 6. The van der Waals surface area contributed by atoms with Crippen molar-refractivity contribution < 1.29 is 14.7 Å². The predicted molar refractivity (Wildman–Crippen MR) is 98.4 cm³/mol. The number of aryl methyl sites for hydroxylation is 1. The van der Waals surface area contributed by atoms with E-state index < -0.39 is 11.4 Å². The molecule has 144 valence electrons. The molecule has 1 fully saturated rings. The van der Waals surface area contributed by atoms with Gasteiger partial charge >= 0.3 is 5.97 Å². The van der Waals surface area contributed by atoms with Gasteiger partial charge in [-0.3, -0.25) is 9.59 Å². The molecule has 1 unspecified atom stereocenters. The Morgan fingerprint density at radius 3 is 2.59 bits per heavy atom. The zero-order chi connectivity index (χ0) is 19.4. The molecule has 8 heteroatoms. The van der Waals surface area contributed by atoms with Gasteiger partial charge in [0.15, 0.2) is 5.82 Å². The van der Waals surface area contributed by atoms with Gasteiger partial charge in [0, 0.05) is 13.1 Å². The lowest BCUT2D eigenvalue weighted by Gasteiger charge is -2.40. The summed E-state index contributed by atoms with van der Waals surface area (Å²) in [6.07, 6.45) is 3.03. The average molecular weight is 371 g/mol. The number of carbonyl (C=O) groups excluding carboxylic acids is 1. The zero-order valence-electron chi connectivity index (χ0n) is 15.8. The second kappa shape index (κ2) is 7.85. The highest BCUT2D eigenvalue weighted by molar-refractivity contribution is 5.81. The lowest BCUT2D eigenvalue weighted by Crippen LogP contribution is -2.50. The molecular weight excluding hydrogens is 346 g/mol. The quantitative estimate of drug-likeness (QED) is 0.833. The van der Waals surface area contributed by atoms with Gasteiger partial charge in [-0.1, -0.05) is 25.5 Å². The van der Waals surface area contributed by atoms with Crippen LogP contribution in [0.15, 0.2) is 24.3 Å². The molecule has 1 aliphatic rings. The number of carboxylic acid groups (broad SMARTS) is 1. The number of carbonyl (C=O) groups is 2. The van der Waals surface area contributed by atoms with E-state index in [1.165, 1.54) is 0 Å². The van der Waals surface area contributed by atoms with Crippen molar-refractivity contribution >= 4 is 11.9 Å². The number of benzene rings is 1. The predicted octanol–water partition coefficient (Wildman–Crippen LogP) is 2.01. The fourth-order valence-electron chi connectivity index (χ4n) is 3.82. The second-order valence-electron chi connectivity index (χ2n) is 7.24. The van der Waals surface area contributed by atoms with Crippen molar-refractivity contribution in [1.82, 2.24) is 25.1 Å². The molecular formula is C19H25N5O3. The van der Waals surface area contributed by atoms with Gasteiger partial charge in [0.2, 0.25) is 5.91 Å². The Morgan fingerprint density at radius 1 is 1.26 bits per heavy atom. The van der Waals surface area contributed by atoms with Crippen LogP contribution in [0, 0.1) is 12.3 Å². The van der Waals surface area contributed by atoms with E-state index in [1.807, 2.05) is 38.1 Å². The summed E-state index contributed by atoms with van der Waals surface area (Å²) in [6, 6.07) is 7.52. The first kappa shape index (κ1) is 19.0. The monoisotopic (exact) mass is 371 g/mol. The number of carboxylic acids is 1. The van der Waals surface area contributed by atoms with Crippen LogP contribution in [0.3, 0.4) is 0 Å². The van der Waals surface area contributed by atoms with Crippen molar-refractivity contribution in [2.75, 3.05) is 13.1 Å². The van der Waals surface area contributed by atoms with Gasteiger partial charge in [0.1, 0.15) is 0 Å². The maximum atomic E-state index is 12.7. The number of tetrazole rings is 1. The molecule has 3 rings (SSSR count). The van der Waals surface area contributed by atoms with E-state index in [2.05, 4.69) is 15.5 Å². The Bertz CT molecular complexity index is 813. The zero-order valence-corrected chi connectivity index (χ0v) is 15.8. The summed E-state index contributed by atoms with van der Waals surface area (Å²) in [6.45, 7) is 4.73. The van der Waals surface area contributed by atoms with Crippen LogP contribution in [0.5, 0.6) is 0 Å². The summed E-state index contributed by atoms with van der Waals surface area (Å²) < 4.78 is 1.63. The van der Waals surface area contributed by atoms with E-state index in [4.69, 9.17) is 0 Å². The number of nitrogens with zero attached hydrogens (tertiary/aromatic N) is 5.